The summed E-state index contributed by atoms with van der Waals surface area (Å²) in [5.74, 6) is 0.150. The molecular weight excluding hydrogens is 340 g/mol. The van der Waals surface area contributed by atoms with E-state index < -0.39 is 10.0 Å². The normalized spacial score (nSPS) is 21.1. The van der Waals surface area contributed by atoms with E-state index in [1.165, 1.54) is 29.8 Å². The summed E-state index contributed by atoms with van der Waals surface area (Å²) in [6.45, 7) is 1.22. The molecule has 2 aliphatic rings. The molecule has 7 heteroatoms. The molecule has 0 spiro atoms. The van der Waals surface area contributed by atoms with Gasteiger partial charge in [-0.1, -0.05) is 19.3 Å². The Balaban J connectivity index is 1.49. The van der Waals surface area contributed by atoms with Gasteiger partial charge in [-0.25, -0.2) is 8.42 Å². The lowest BCUT2D eigenvalue weighted by Crippen LogP contribution is -2.40. The summed E-state index contributed by atoms with van der Waals surface area (Å²) < 4.78 is 32.1. The first-order valence-corrected chi connectivity index (χ1v) is 10.6. The summed E-state index contributed by atoms with van der Waals surface area (Å²) in [6.07, 6.45) is 9.98. The molecule has 2 heterocycles. The van der Waals surface area contributed by atoms with E-state index in [4.69, 9.17) is 4.74 Å². The van der Waals surface area contributed by atoms with Crippen molar-refractivity contribution in [2.45, 2.75) is 49.8 Å². The van der Waals surface area contributed by atoms with Crippen molar-refractivity contribution in [1.82, 2.24) is 9.29 Å². The molecule has 25 heavy (non-hydrogen) atoms. The molecule has 0 aromatic carbocycles. The Morgan fingerprint density at radius 2 is 1.88 bits per heavy atom. The van der Waals surface area contributed by atoms with Crippen LogP contribution in [0.4, 0.5) is 0 Å². The fourth-order valence-corrected chi connectivity index (χ4v) is 5.09. The number of aromatic nitrogens is 1. The molecule has 1 aromatic rings. The van der Waals surface area contributed by atoms with Crippen LogP contribution in [0.5, 0.6) is 0 Å². The molecule has 1 aromatic heterocycles. The lowest BCUT2D eigenvalue weighted by atomic mass is 9.90. The number of hydrogen-bond acceptors (Lipinski definition) is 5. The third-order valence-corrected chi connectivity index (χ3v) is 7.13. The van der Waals surface area contributed by atoms with Gasteiger partial charge < -0.3 is 4.74 Å². The van der Waals surface area contributed by atoms with E-state index in [1.807, 2.05) is 0 Å². The maximum Gasteiger partial charge on any atom is 0.309 e. The van der Waals surface area contributed by atoms with E-state index in [0.717, 1.165) is 12.8 Å². The minimum Gasteiger partial charge on any atom is -0.465 e. The second kappa shape index (κ2) is 8.27. The number of carbonyl (C=O) groups excluding carboxylic acids is 1. The predicted octanol–water partition coefficient (Wildman–Crippen LogP) is 2.61. The standard InChI is InChI=1S/C18H26N2O4S/c21-18(24-14-15-5-2-1-3-6-15)16-8-11-20(12-9-16)25(22,23)17-7-4-10-19-13-17/h4,7,10,13,15-16H,1-3,5-6,8-9,11-12,14H2. The second-order valence-corrected chi connectivity index (χ2v) is 8.94. The van der Waals surface area contributed by atoms with Gasteiger partial charge in [-0.2, -0.15) is 4.31 Å². The Morgan fingerprint density at radius 3 is 2.52 bits per heavy atom. The molecule has 1 saturated heterocycles. The van der Waals surface area contributed by atoms with Crippen LogP contribution in [0.2, 0.25) is 0 Å². The molecule has 1 aliphatic heterocycles. The number of sulfonamides is 1. The van der Waals surface area contributed by atoms with Crippen molar-refractivity contribution >= 4 is 16.0 Å². The summed E-state index contributed by atoms with van der Waals surface area (Å²) in [5, 5.41) is 0. The smallest absolute Gasteiger partial charge is 0.309 e. The minimum absolute atomic E-state index is 0.163. The fraction of sp³-hybridized carbons (Fsp3) is 0.667. The van der Waals surface area contributed by atoms with Gasteiger partial charge in [0, 0.05) is 25.5 Å². The van der Waals surface area contributed by atoms with Crippen molar-refractivity contribution in [3.63, 3.8) is 0 Å². The van der Waals surface area contributed by atoms with Crippen LogP contribution in [-0.2, 0) is 19.6 Å². The fourth-order valence-electron chi connectivity index (χ4n) is 3.65. The Labute approximate surface area is 149 Å². The molecule has 0 radical (unpaired) electrons. The average molecular weight is 366 g/mol. The van der Waals surface area contributed by atoms with Crippen molar-refractivity contribution in [2.75, 3.05) is 19.7 Å². The summed E-state index contributed by atoms with van der Waals surface area (Å²) >= 11 is 0. The van der Waals surface area contributed by atoms with E-state index in [0.29, 0.717) is 38.5 Å². The largest absolute Gasteiger partial charge is 0.465 e. The highest BCUT2D eigenvalue weighted by atomic mass is 32.2. The van der Waals surface area contributed by atoms with Crippen LogP contribution in [0.3, 0.4) is 0 Å². The van der Waals surface area contributed by atoms with Gasteiger partial charge in [0.05, 0.1) is 12.5 Å². The second-order valence-electron chi connectivity index (χ2n) is 7.00. The van der Waals surface area contributed by atoms with Crippen molar-refractivity contribution in [1.29, 1.82) is 0 Å². The van der Waals surface area contributed by atoms with Gasteiger partial charge in [0.25, 0.3) is 0 Å². The third-order valence-electron chi connectivity index (χ3n) is 5.25. The number of pyridine rings is 1. The summed E-state index contributed by atoms with van der Waals surface area (Å²) in [7, 11) is -3.52. The number of esters is 1. The molecule has 3 rings (SSSR count). The van der Waals surface area contributed by atoms with Crippen LogP contribution in [0.25, 0.3) is 0 Å². The van der Waals surface area contributed by atoms with Crippen LogP contribution in [0.15, 0.2) is 29.4 Å². The zero-order valence-corrected chi connectivity index (χ0v) is 15.3. The maximum atomic E-state index is 12.6. The van der Waals surface area contributed by atoms with Crippen LogP contribution in [0, 0.1) is 11.8 Å². The average Bonchev–Trinajstić information content (AvgIpc) is 2.68. The monoisotopic (exact) mass is 366 g/mol. The Morgan fingerprint density at radius 1 is 1.16 bits per heavy atom. The first-order chi connectivity index (χ1) is 12.1. The van der Waals surface area contributed by atoms with Gasteiger partial charge in [0.1, 0.15) is 4.90 Å². The topological polar surface area (TPSA) is 76.6 Å². The number of hydrogen-bond donors (Lipinski definition) is 0. The van der Waals surface area contributed by atoms with Crippen LogP contribution < -0.4 is 0 Å². The molecule has 138 valence electrons. The van der Waals surface area contributed by atoms with Gasteiger partial charge in [0.2, 0.25) is 10.0 Å². The SMILES string of the molecule is O=C(OCC1CCCCC1)C1CCN(S(=O)(=O)c2cccnc2)CC1. The van der Waals surface area contributed by atoms with Crippen molar-refractivity contribution in [3.05, 3.63) is 24.5 Å². The first-order valence-electron chi connectivity index (χ1n) is 9.14. The Bertz CT molecular complexity index is 664. The van der Waals surface area contributed by atoms with E-state index in [9.17, 15) is 13.2 Å². The maximum absolute atomic E-state index is 12.6. The predicted molar refractivity (Wildman–Crippen MR) is 93.3 cm³/mol. The Kier molecular flexibility index (Phi) is 6.06. The molecule has 0 unspecified atom stereocenters. The lowest BCUT2D eigenvalue weighted by molar-refractivity contribution is -0.151. The van der Waals surface area contributed by atoms with Crippen LogP contribution in [0.1, 0.15) is 44.9 Å². The number of ether oxygens (including phenoxy) is 1. The molecule has 0 N–H and O–H groups in total. The number of nitrogens with zero attached hydrogens (tertiary/aromatic N) is 2. The molecule has 1 aliphatic carbocycles. The summed E-state index contributed by atoms with van der Waals surface area (Å²) in [6, 6.07) is 3.16. The van der Waals surface area contributed by atoms with Gasteiger partial charge in [0.15, 0.2) is 0 Å². The zero-order valence-electron chi connectivity index (χ0n) is 14.5. The molecule has 0 atom stereocenters. The molecule has 2 fully saturated rings. The zero-order chi connectivity index (χ0) is 17.7. The quantitative estimate of drug-likeness (QED) is 0.749. The molecule has 0 amide bonds. The number of piperidine rings is 1. The highest BCUT2D eigenvalue weighted by Gasteiger charge is 2.33. The third kappa shape index (κ3) is 4.58. The first kappa shape index (κ1) is 18.3. The number of rotatable bonds is 5. The van der Waals surface area contributed by atoms with E-state index >= 15 is 0 Å². The van der Waals surface area contributed by atoms with E-state index in [1.54, 1.807) is 18.3 Å². The van der Waals surface area contributed by atoms with Crippen molar-refractivity contribution in [3.8, 4) is 0 Å². The van der Waals surface area contributed by atoms with E-state index in [2.05, 4.69) is 4.98 Å². The highest BCUT2D eigenvalue weighted by Crippen LogP contribution is 2.26. The molecule has 6 nitrogen and oxygen atoms in total. The molecule has 1 saturated carbocycles. The molecular formula is C18H26N2O4S. The highest BCUT2D eigenvalue weighted by molar-refractivity contribution is 7.89. The van der Waals surface area contributed by atoms with Gasteiger partial charge in [-0.15, -0.1) is 0 Å². The van der Waals surface area contributed by atoms with Crippen LogP contribution in [-0.4, -0.2) is 43.4 Å². The van der Waals surface area contributed by atoms with Crippen LogP contribution >= 0.6 is 0 Å². The number of carbonyl (C=O) groups is 1. The summed E-state index contributed by atoms with van der Waals surface area (Å²) in [4.78, 5) is 16.3. The van der Waals surface area contributed by atoms with Crippen molar-refractivity contribution < 1.29 is 17.9 Å². The van der Waals surface area contributed by atoms with Crippen molar-refractivity contribution in [2.24, 2.45) is 11.8 Å². The summed E-state index contributed by atoms with van der Waals surface area (Å²) in [5.41, 5.74) is 0. The van der Waals surface area contributed by atoms with E-state index in [-0.39, 0.29) is 16.8 Å². The lowest BCUT2D eigenvalue weighted by Gasteiger charge is -2.30. The van der Waals surface area contributed by atoms with Gasteiger partial charge in [-0.05, 0) is 43.7 Å². The Hall–Kier alpha value is -1.47. The minimum atomic E-state index is -3.52. The van der Waals surface area contributed by atoms with Gasteiger partial charge >= 0.3 is 5.97 Å². The molecule has 0 bridgehead atoms. The van der Waals surface area contributed by atoms with Gasteiger partial charge in [-0.3, -0.25) is 9.78 Å².